The standard InChI is InChI=1S/2C10H9N3.C7H11N3.3C7H10N2.C7H9NS.3C6H9N3.C6H8N2.C5H8N4.C5H7N3.9CH4/c1-2-4-9-6-13-10(11-7-12-13)5-8(9)3-1;1-2-4-9-8(3-1)5-6-13-10(9)11-7-12-13;1-2-4-7-8-6-9-10(7)5-3-1;3*1-2-5-9-6-4-8-7(9)3-1;1-2-4-7-6(3-1)8-5-9-7;3*1-2-4-9-6(3-1)7-5-8-9;1-2-6-7-3-5-8(6)4-1;1-2-6-5-7-4-8-9(5)3-1;1-2-5-6-4-7-8(5)3-1;;;;;;;;;/h2*1-4,7H,5-6H2;6H,1-5H2;3*4,6H,1-3,5H2;4*5H,1-4H2;3,5H,1-2,4H2;4H,1-3H2,(H,6,7,8);4H,1-3H2;9*1H4. The highest BCUT2D eigenvalue weighted by molar-refractivity contribution is 7.09. The van der Waals surface area contributed by atoms with Crippen molar-refractivity contribution >= 4 is 17.3 Å². The van der Waals surface area contributed by atoms with Crippen molar-refractivity contribution < 1.29 is 0 Å². The van der Waals surface area contributed by atoms with Gasteiger partial charge in [-0.05, 0) is 158 Å². The van der Waals surface area contributed by atoms with Crippen LogP contribution in [0.2, 0.25) is 0 Å². The zero-order chi connectivity index (χ0) is 83.8. The average Bonchev–Trinajstić information content (AvgIpc) is 1.71. The Morgan fingerprint density at radius 3 is 1.08 bits per heavy atom. The zero-order valence-corrected chi connectivity index (χ0v) is 72.4. The van der Waals surface area contributed by atoms with Crippen molar-refractivity contribution in [1.82, 2.24) is 161 Å². The summed E-state index contributed by atoms with van der Waals surface area (Å²) in [5, 5.41) is 35.8. The number of hydrogen-bond donors (Lipinski definition) is 1. The van der Waals surface area contributed by atoms with Crippen LogP contribution in [0.15, 0.2) is 154 Å². The number of rotatable bonds is 0. The maximum atomic E-state index is 4.28. The summed E-state index contributed by atoms with van der Waals surface area (Å²) in [6, 6.07) is 16.8. The summed E-state index contributed by atoms with van der Waals surface area (Å²) in [5.41, 5.74) is 8.68. The largest absolute Gasteiger partial charge is 0.354 e. The number of benzene rings is 2. The van der Waals surface area contributed by atoms with Crippen LogP contribution in [0.5, 0.6) is 0 Å². The van der Waals surface area contributed by atoms with E-state index in [1.54, 1.807) is 50.6 Å². The van der Waals surface area contributed by atoms with Crippen molar-refractivity contribution in [3.05, 3.63) is 240 Å². The monoisotopic (exact) mass is 1840 g/mol. The molecule has 34 nitrogen and oxygen atoms in total. The van der Waals surface area contributed by atoms with Crippen LogP contribution < -0.4 is 5.32 Å². The fourth-order valence-electron chi connectivity index (χ4n) is 17.1. The van der Waals surface area contributed by atoms with Gasteiger partial charge in [0.1, 0.15) is 109 Å². The van der Waals surface area contributed by atoms with Crippen LogP contribution in [0.1, 0.15) is 281 Å². The van der Waals surface area contributed by atoms with Crippen LogP contribution in [-0.4, -0.2) is 168 Å². The maximum Gasteiger partial charge on any atom is 0.221 e. The molecule has 0 spiro atoms. The molecule has 133 heavy (non-hydrogen) atoms. The number of fused-ring (bicyclic) bond motifs is 16. The first kappa shape index (κ1) is 108. The highest BCUT2D eigenvalue weighted by Gasteiger charge is 2.20. The van der Waals surface area contributed by atoms with Gasteiger partial charge in [0.2, 0.25) is 5.95 Å². The average molecular weight is 1840 g/mol. The Labute approximate surface area is 794 Å². The number of hydrogen-bond acceptors (Lipinski definition) is 23. The Bertz CT molecular complexity index is 4740. The van der Waals surface area contributed by atoms with Gasteiger partial charge in [0.15, 0.2) is 5.82 Å². The molecule has 13 aliphatic rings. The van der Waals surface area contributed by atoms with E-state index < -0.39 is 0 Å². The number of nitrogens with zero attached hydrogens (tertiary/aromatic N) is 33. The molecule has 25 heterocycles. The van der Waals surface area contributed by atoms with Crippen molar-refractivity contribution in [1.29, 1.82) is 0 Å². The number of thiazole rings is 1. The Kier molecular flexibility index (Phi) is 46.5. The second-order valence-electron chi connectivity index (χ2n) is 32.4. The van der Waals surface area contributed by atoms with Crippen LogP contribution in [0.25, 0.3) is 11.4 Å². The minimum Gasteiger partial charge on any atom is -0.354 e. The molecular weight excluding hydrogens is 1690 g/mol. The highest BCUT2D eigenvalue weighted by Crippen LogP contribution is 2.28. The van der Waals surface area contributed by atoms with Crippen molar-refractivity contribution in [2.75, 3.05) is 11.9 Å². The van der Waals surface area contributed by atoms with Gasteiger partial charge in [-0.15, -0.1) is 11.3 Å². The summed E-state index contributed by atoms with van der Waals surface area (Å²) in [6.07, 6.45) is 69.3. The molecule has 1 N–H and O–H groups in total. The minimum absolute atomic E-state index is 0. The third-order valence-electron chi connectivity index (χ3n) is 23.9. The third kappa shape index (κ3) is 30.7. The predicted molar refractivity (Wildman–Crippen MR) is 531 cm³/mol. The smallest absolute Gasteiger partial charge is 0.221 e. The van der Waals surface area contributed by atoms with Crippen LogP contribution in [0.4, 0.5) is 5.95 Å². The lowest BCUT2D eigenvalue weighted by Crippen LogP contribution is -2.17. The number of anilines is 1. The summed E-state index contributed by atoms with van der Waals surface area (Å²) in [4.78, 5) is 55.6. The number of aryl methyl sites for hydroxylation is 23. The van der Waals surface area contributed by atoms with Gasteiger partial charge in [-0.3, -0.25) is 23.4 Å². The lowest BCUT2D eigenvalue weighted by molar-refractivity contribution is 0.479. The first-order valence-electron chi connectivity index (χ1n) is 45.3. The first-order chi connectivity index (χ1) is 61.5. The van der Waals surface area contributed by atoms with Crippen molar-refractivity contribution in [3.8, 4) is 11.4 Å². The number of nitrogens with one attached hydrogen (secondary N) is 1. The van der Waals surface area contributed by atoms with Gasteiger partial charge in [-0.2, -0.15) is 45.8 Å². The molecule has 0 unspecified atom stereocenters. The molecule has 13 aromatic heterocycles. The molecule has 0 radical (unpaired) electrons. The summed E-state index contributed by atoms with van der Waals surface area (Å²) >= 11 is 1.81. The van der Waals surface area contributed by atoms with Gasteiger partial charge >= 0.3 is 0 Å². The molecule has 0 saturated heterocycles. The molecule has 0 atom stereocenters. The fourth-order valence-corrected chi connectivity index (χ4v) is 18.0. The van der Waals surface area contributed by atoms with E-state index >= 15 is 0 Å². The molecule has 35 heteroatoms. The van der Waals surface area contributed by atoms with Crippen LogP contribution in [0, 0.1) is 0 Å². The highest BCUT2D eigenvalue weighted by atomic mass is 32.1. The Morgan fingerprint density at radius 2 is 0.594 bits per heavy atom. The van der Waals surface area contributed by atoms with Gasteiger partial charge in [-0.25, -0.2) is 73.9 Å². The van der Waals surface area contributed by atoms with Crippen LogP contribution in [-0.2, 0) is 162 Å². The van der Waals surface area contributed by atoms with E-state index in [1.807, 2.05) is 91.4 Å². The van der Waals surface area contributed by atoms with Gasteiger partial charge in [0.05, 0.1) is 17.7 Å². The van der Waals surface area contributed by atoms with E-state index in [9.17, 15) is 0 Å². The summed E-state index contributed by atoms with van der Waals surface area (Å²) in [7, 11) is 0. The molecule has 0 saturated carbocycles. The molecule has 12 aliphatic heterocycles. The molecule has 0 fully saturated rings. The van der Waals surface area contributed by atoms with Gasteiger partial charge in [-0.1, -0.05) is 122 Å². The van der Waals surface area contributed by atoms with Crippen molar-refractivity contribution in [2.45, 2.75) is 357 Å². The Balaban J connectivity index is 0.000000196. The minimum atomic E-state index is 0. The predicted octanol–water partition coefficient (Wildman–Crippen LogP) is 18.1. The summed E-state index contributed by atoms with van der Waals surface area (Å²) < 4.78 is 24.7. The van der Waals surface area contributed by atoms with E-state index in [0.29, 0.717) is 0 Å². The lowest BCUT2D eigenvalue weighted by atomic mass is 10.0. The van der Waals surface area contributed by atoms with Crippen molar-refractivity contribution in [3.63, 3.8) is 0 Å². The van der Waals surface area contributed by atoms with E-state index in [2.05, 4.69) is 190 Å². The second-order valence-corrected chi connectivity index (χ2v) is 33.4. The Morgan fingerprint density at radius 1 is 0.248 bits per heavy atom. The van der Waals surface area contributed by atoms with Crippen molar-refractivity contribution in [2.24, 2.45) is 0 Å². The topological polar surface area (TPSA) is 342 Å². The molecule has 0 amide bonds. The maximum absolute atomic E-state index is 4.28. The van der Waals surface area contributed by atoms with E-state index in [0.717, 1.165) is 157 Å². The SMILES string of the molecule is C.C.C.C.C.C.C.C.C.c1ccc2c(c1)CCn1ncnc1-2.c1ccc2c(c1)Cc1ncnn1C2.c1cn2c(n1)CCC2.c1cn2c(n1)CCCC2.c1cn2c(n1)CCCC2.c1cn2c(n1)CCCC2.c1nc2c(s1)CCCC2.c1nc2n(n1)CCC2.c1nc2n(n1)CCCC2.c1nc2n(n1)CCCC2.c1nc2n(n1)CCCC2.c1nc2n(n1)CCCCC2.c1nc2n(n1)CCCN2. The summed E-state index contributed by atoms with van der Waals surface area (Å²) in [6.45, 7) is 13.9. The zero-order valence-electron chi connectivity index (χ0n) is 71.6. The number of aromatic nitrogens is 33. The van der Waals surface area contributed by atoms with Gasteiger partial charge in [0.25, 0.3) is 0 Å². The molecule has 722 valence electrons. The molecular formula is C98H154N34S. The lowest BCUT2D eigenvalue weighted by Gasteiger charge is -2.15. The van der Waals surface area contributed by atoms with E-state index in [4.69, 9.17) is 0 Å². The first-order valence-corrected chi connectivity index (χ1v) is 46.2. The van der Waals surface area contributed by atoms with Gasteiger partial charge in [0, 0.05) is 203 Å². The third-order valence-corrected chi connectivity index (χ3v) is 24.9. The quantitative estimate of drug-likeness (QED) is 0.147. The molecule has 28 rings (SSSR count). The molecule has 1 aliphatic carbocycles. The molecule has 2 aromatic carbocycles. The van der Waals surface area contributed by atoms with Crippen LogP contribution in [0.3, 0.4) is 0 Å². The normalized spacial score (nSPS) is 15.3. The van der Waals surface area contributed by atoms with Crippen LogP contribution >= 0.6 is 11.3 Å². The fraction of sp³-hybridized carbons (Fsp3) is 0.561. The summed E-state index contributed by atoms with van der Waals surface area (Å²) in [5.74, 6) is 13.8. The van der Waals surface area contributed by atoms with E-state index in [-0.39, 0.29) is 66.8 Å². The van der Waals surface area contributed by atoms with Gasteiger partial charge < -0.3 is 23.6 Å². The molecule has 15 aromatic rings. The molecule has 0 bridgehead atoms. The van der Waals surface area contributed by atoms with E-state index in [1.165, 1.54) is 243 Å². The number of imidazole rings is 4. The Hall–Kier alpha value is -12.2. The second kappa shape index (κ2) is 57.3.